The number of carbonyl (C=O) groups excluding carboxylic acids is 3. The summed E-state index contributed by atoms with van der Waals surface area (Å²) in [5.74, 6) is -0.917. The van der Waals surface area contributed by atoms with E-state index in [0.29, 0.717) is 33.6 Å². The fourth-order valence-electron chi connectivity index (χ4n) is 3.39. The molecule has 0 radical (unpaired) electrons. The molecule has 3 aromatic carbocycles. The van der Waals surface area contributed by atoms with E-state index in [1.165, 1.54) is 0 Å². The van der Waals surface area contributed by atoms with Gasteiger partial charge in [-0.2, -0.15) is 0 Å². The summed E-state index contributed by atoms with van der Waals surface area (Å²) in [6.07, 6.45) is 0.753. The normalized spacial score (nSPS) is 13.6. The number of ketones is 1. The van der Waals surface area contributed by atoms with E-state index in [9.17, 15) is 19.5 Å². The van der Waals surface area contributed by atoms with E-state index in [1.54, 1.807) is 54.6 Å². The zero-order chi connectivity index (χ0) is 21.3. The highest BCUT2D eigenvalue weighted by molar-refractivity contribution is 6.31. The van der Waals surface area contributed by atoms with Crippen LogP contribution in [-0.4, -0.2) is 22.7 Å². The van der Waals surface area contributed by atoms with E-state index in [4.69, 9.17) is 0 Å². The molecular formula is C24H18N2O4. The fraction of sp³-hybridized carbons (Fsp3) is 0.0417. The van der Waals surface area contributed by atoms with Crippen molar-refractivity contribution in [1.82, 2.24) is 0 Å². The lowest BCUT2D eigenvalue weighted by molar-refractivity contribution is -0.110. The van der Waals surface area contributed by atoms with Gasteiger partial charge < -0.3 is 15.7 Å². The van der Waals surface area contributed by atoms with Gasteiger partial charge in [0, 0.05) is 33.6 Å². The number of fused-ring (bicyclic) bond motifs is 1. The third kappa shape index (κ3) is 3.46. The maximum atomic E-state index is 13.0. The van der Waals surface area contributed by atoms with Gasteiger partial charge in [-0.25, -0.2) is 0 Å². The quantitative estimate of drug-likeness (QED) is 0.346. The van der Waals surface area contributed by atoms with E-state index >= 15 is 0 Å². The van der Waals surface area contributed by atoms with Crippen LogP contribution in [0.3, 0.4) is 0 Å². The van der Waals surface area contributed by atoms with Gasteiger partial charge in [-0.05, 0) is 36.8 Å². The number of nitrogens with one attached hydrogen (secondary N) is 2. The molecule has 1 aliphatic rings. The Morgan fingerprint density at radius 2 is 1.73 bits per heavy atom. The van der Waals surface area contributed by atoms with Gasteiger partial charge in [-0.3, -0.25) is 14.4 Å². The number of amides is 2. The minimum atomic E-state index is -0.419. The molecule has 0 fully saturated rings. The van der Waals surface area contributed by atoms with Gasteiger partial charge in [-0.1, -0.05) is 42.5 Å². The number of benzene rings is 3. The molecule has 0 unspecified atom stereocenters. The number of aliphatic hydroxyl groups is 1. The lowest BCUT2D eigenvalue weighted by atomic mass is 9.99. The molecule has 1 heterocycles. The van der Waals surface area contributed by atoms with Crippen LogP contribution >= 0.6 is 0 Å². The highest BCUT2D eigenvalue weighted by atomic mass is 16.2. The Bertz CT molecular complexity index is 1230. The third-order valence-electron chi connectivity index (χ3n) is 4.97. The highest BCUT2D eigenvalue weighted by Crippen LogP contribution is 2.32. The first kappa shape index (κ1) is 19.1. The standard InChI is InChI=1S/C24H18N2O4/c1-14-5-2-3-8-18(14)23(29)25-17-7-4-6-15(11-17)22(28)16-9-10-19-20(13-27)24(30)26-21(19)12-16/h2-13,27H,1H3,(H,25,29)(H,26,30). The van der Waals surface area contributed by atoms with Crippen molar-refractivity contribution in [2.75, 3.05) is 10.6 Å². The fourth-order valence-corrected chi connectivity index (χ4v) is 3.39. The minimum absolute atomic E-state index is 0.157. The number of hydrogen-bond donors (Lipinski definition) is 3. The summed E-state index contributed by atoms with van der Waals surface area (Å²) in [4.78, 5) is 37.3. The summed E-state index contributed by atoms with van der Waals surface area (Å²) in [6.45, 7) is 1.86. The van der Waals surface area contributed by atoms with Gasteiger partial charge in [0.25, 0.3) is 11.8 Å². The Balaban J connectivity index is 1.58. The molecule has 0 atom stereocenters. The van der Waals surface area contributed by atoms with Crippen LogP contribution in [0.1, 0.15) is 37.4 Å². The molecule has 148 valence electrons. The van der Waals surface area contributed by atoms with Gasteiger partial charge in [0.2, 0.25) is 0 Å². The Kier molecular flexibility index (Phi) is 4.90. The number of anilines is 2. The topological polar surface area (TPSA) is 95.5 Å². The molecule has 0 spiro atoms. The van der Waals surface area contributed by atoms with Crippen molar-refractivity contribution in [2.45, 2.75) is 6.92 Å². The molecule has 6 heteroatoms. The Morgan fingerprint density at radius 1 is 0.967 bits per heavy atom. The van der Waals surface area contributed by atoms with Gasteiger partial charge >= 0.3 is 0 Å². The second-order valence-electron chi connectivity index (χ2n) is 6.94. The molecular weight excluding hydrogens is 380 g/mol. The first-order valence-electron chi connectivity index (χ1n) is 9.30. The maximum absolute atomic E-state index is 13.0. The maximum Gasteiger partial charge on any atom is 0.259 e. The number of aryl methyl sites for hydroxylation is 1. The predicted octanol–water partition coefficient (Wildman–Crippen LogP) is 4.33. The van der Waals surface area contributed by atoms with Crippen LogP contribution in [0.4, 0.5) is 11.4 Å². The predicted molar refractivity (Wildman–Crippen MR) is 115 cm³/mol. The molecule has 0 aromatic heterocycles. The summed E-state index contributed by atoms with van der Waals surface area (Å²) in [5, 5.41) is 14.7. The number of rotatable bonds is 4. The molecule has 1 aliphatic heterocycles. The molecule has 3 aromatic rings. The van der Waals surface area contributed by atoms with E-state index in [0.717, 1.165) is 11.8 Å². The molecule has 4 rings (SSSR count). The lowest BCUT2D eigenvalue weighted by Gasteiger charge is -2.09. The van der Waals surface area contributed by atoms with Crippen LogP contribution in [0.15, 0.2) is 73.0 Å². The smallest absolute Gasteiger partial charge is 0.259 e. The van der Waals surface area contributed by atoms with E-state index in [-0.39, 0.29) is 17.3 Å². The second kappa shape index (κ2) is 7.67. The summed E-state index contributed by atoms with van der Waals surface area (Å²) in [6, 6.07) is 18.7. The van der Waals surface area contributed by atoms with Gasteiger partial charge in [0.1, 0.15) is 0 Å². The van der Waals surface area contributed by atoms with Gasteiger partial charge in [0.15, 0.2) is 5.78 Å². The van der Waals surface area contributed by atoms with E-state index < -0.39 is 5.91 Å². The minimum Gasteiger partial charge on any atom is -0.515 e. The van der Waals surface area contributed by atoms with Crippen LogP contribution in [-0.2, 0) is 4.79 Å². The molecule has 2 amide bonds. The van der Waals surface area contributed by atoms with Crippen LogP contribution in [0, 0.1) is 6.92 Å². The molecule has 6 nitrogen and oxygen atoms in total. The van der Waals surface area contributed by atoms with Crippen molar-refractivity contribution in [3.63, 3.8) is 0 Å². The van der Waals surface area contributed by atoms with Gasteiger partial charge in [-0.15, -0.1) is 0 Å². The van der Waals surface area contributed by atoms with Crippen molar-refractivity contribution in [2.24, 2.45) is 0 Å². The Morgan fingerprint density at radius 3 is 2.50 bits per heavy atom. The van der Waals surface area contributed by atoms with Crippen LogP contribution in [0.2, 0.25) is 0 Å². The molecule has 0 saturated heterocycles. The monoisotopic (exact) mass is 398 g/mol. The lowest BCUT2D eigenvalue weighted by Crippen LogP contribution is -2.13. The summed E-state index contributed by atoms with van der Waals surface area (Å²) >= 11 is 0. The van der Waals surface area contributed by atoms with E-state index in [2.05, 4.69) is 10.6 Å². The van der Waals surface area contributed by atoms with Crippen molar-refractivity contribution in [1.29, 1.82) is 0 Å². The van der Waals surface area contributed by atoms with Crippen LogP contribution in [0.5, 0.6) is 0 Å². The summed E-state index contributed by atoms with van der Waals surface area (Å²) in [5.41, 5.74) is 3.89. The first-order valence-corrected chi connectivity index (χ1v) is 9.30. The average Bonchev–Trinajstić information content (AvgIpc) is 3.07. The van der Waals surface area contributed by atoms with E-state index in [1.807, 2.05) is 19.1 Å². The van der Waals surface area contributed by atoms with Gasteiger partial charge in [0.05, 0.1) is 11.8 Å². The first-order chi connectivity index (χ1) is 14.5. The van der Waals surface area contributed by atoms with Crippen LogP contribution in [0.25, 0.3) is 5.57 Å². The number of carbonyl (C=O) groups is 3. The van der Waals surface area contributed by atoms with Crippen molar-refractivity contribution < 1.29 is 19.5 Å². The molecule has 0 bridgehead atoms. The molecule has 3 N–H and O–H groups in total. The average molecular weight is 398 g/mol. The highest BCUT2D eigenvalue weighted by Gasteiger charge is 2.25. The van der Waals surface area contributed by atoms with Crippen molar-refractivity contribution in [3.05, 3.63) is 101 Å². The molecule has 0 aliphatic carbocycles. The number of hydrogen-bond acceptors (Lipinski definition) is 4. The largest absolute Gasteiger partial charge is 0.515 e. The third-order valence-corrected chi connectivity index (χ3v) is 4.97. The SMILES string of the molecule is Cc1ccccc1C(=O)Nc1cccc(C(=O)c2ccc3c(c2)NC(=O)C3=CO)c1. The zero-order valence-corrected chi connectivity index (χ0v) is 16.1. The Labute approximate surface area is 172 Å². The Hall–Kier alpha value is -4.19. The van der Waals surface area contributed by atoms with Crippen molar-refractivity contribution >= 4 is 34.5 Å². The molecule has 0 saturated carbocycles. The second-order valence-corrected chi connectivity index (χ2v) is 6.94. The summed E-state index contributed by atoms with van der Waals surface area (Å²) < 4.78 is 0. The summed E-state index contributed by atoms with van der Waals surface area (Å²) in [7, 11) is 0. The van der Waals surface area contributed by atoms with Crippen LogP contribution < -0.4 is 10.6 Å². The number of aliphatic hydroxyl groups excluding tert-OH is 1. The van der Waals surface area contributed by atoms with Crippen molar-refractivity contribution in [3.8, 4) is 0 Å². The zero-order valence-electron chi connectivity index (χ0n) is 16.1. The molecule has 30 heavy (non-hydrogen) atoms.